The van der Waals surface area contributed by atoms with Crippen LogP contribution in [0.5, 0.6) is 0 Å². The molecule has 11 heteroatoms. The number of benzene rings is 2. The minimum Gasteiger partial charge on any atom is -0.396 e. The first-order chi connectivity index (χ1) is 23.2. The summed E-state index contributed by atoms with van der Waals surface area (Å²) >= 11 is 6.31. The van der Waals surface area contributed by atoms with Crippen molar-refractivity contribution in [2.45, 2.75) is 70.1 Å². The SMILES string of the molecule is CC1(OCn2c(=O)c(C#N)c(N3CCC(CCO)CC3)c3cc(C4CC4)ccc32)CCN(c2c(C#N)c(=O)[nH]c3ccc(Cl)cc23)CC1. The Labute approximate surface area is 283 Å². The van der Waals surface area contributed by atoms with Gasteiger partial charge in [0.2, 0.25) is 0 Å². The number of pyridine rings is 2. The summed E-state index contributed by atoms with van der Waals surface area (Å²) in [6.45, 7) is 4.73. The van der Waals surface area contributed by atoms with E-state index in [9.17, 15) is 25.2 Å². The van der Waals surface area contributed by atoms with E-state index < -0.39 is 11.2 Å². The second-order valence-corrected chi connectivity index (χ2v) is 14.2. The summed E-state index contributed by atoms with van der Waals surface area (Å²) in [4.78, 5) is 33.9. The molecule has 2 aromatic heterocycles. The van der Waals surface area contributed by atoms with Gasteiger partial charge in [0.1, 0.15) is 30.0 Å². The van der Waals surface area contributed by atoms with E-state index in [4.69, 9.17) is 16.3 Å². The molecule has 2 aliphatic heterocycles. The average molecular weight is 667 g/mol. The van der Waals surface area contributed by atoms with Gasteiger partial charge < -0.3 is 24.6 Å². The van der Waals surface area contributed by atoms with Gasteiger partial charge in [0.25, 0.3) is 11.1 Å². The molecule has 3 aliphatic rings. The first kappa shape index (κ1) is 32.2. The van der Waals surface area contributed by atoms with Crippen molar-refractivity contribution in [2.24, 2.45) is 5.92 Å². The van der Waals surface area contributed by atoms with Gasteiger partial charge in [-0.2, -0.15) is 10.5 Å². The zero-order valence-electron chi connectivity index (χ0n) is 27.1. The van der Waals surface area contributed by atoms with Gasteiger partial charge in [-0.05, 0) is 99.6 Å². The van der Waals surface area contributed by atoms with Crippen LogP contribution in [-0.4, -0.2) is 53.0 Å². The summed E-state index contributed by atoms with van der Waals surface area (Å²) in [7, 11) is 0. The summed E-state index contributed by atoms with van der Waals surface area (Å²) in [5.74, 6) is 0.954. The van der Waals surface area contributed by atoms with Gasteiger partial charge in [-0.1, -0.05) is 17.7 Å². The van der Waals surface area contributed by atoms with Crippen LogP contribution in [0.25, 0.3) is 21.8 Å². The van der Waals surface area contributed by atoms with E-state index in [-0.39, 0.29) is 30.0 Å². The summed E-state index contributed by atoms with van der Waals surface area (Å²) in [6.07, 6.45) is 6.07. The number of hydrogen-bond acceptors (Lipinski definition) is 8. The molecule has 10 nitrogen and oxygen atoms in total. The van der Waals surface area contributed by atoms with Crippen molar-refractivity contribution in [1.29, 1.82) is 10.5 Å². The number of fused-ring (bicyclic) bond motifs is 2. The van der Waals surface area contributed by atoms with Crippen molar-refractivity contribution in [3.63, 3.8) is 0 Å². The molecule has 0 unspecified atom stereocenters. The number of nitrogens with zero attached hydrogens (tertiary/aromatic N) is 5. The minimum atomic E-state index is -0.586. The largest absolute Gasteiger partial charge is 0.396 e. The lowest BCUT2D eigenvalue weighted by Gasteiger charge is -2.41. The highest BCUT2D eigenvalue weighted by molar-refractivity contribution is 6.31. The van der Waals surface area contributed by atoms with E-state index in [0.29, 0.717) is 59.4 Å². The first-order valence-corrected chi connectivity index (χ1v) is 17.2. The van der Waals surface area contributed by atoms with Crippen LogP contribution >= 0.6 is 11.6 Å². The van der Waals surface area contributed by atoms with E-state index in [1.165, 1.54) is 5.56 Å². The number of H-pyrrole nitrogens is 1. The van der Waals surface area contributed by atoms with E-state index in [0.717, 1.165) is 61.8 Å². The van der Waals surface area contributed by atoms with Gasteiger partial charge in [-0.25, -0.2) is 0 Å². The van der Waals surface area contributed by atoms with Crippen LogP contribution in [0.2, 0.25) is 5.02 Å². The summed E-state index contributed by atoms with van der Waals surface area (Å²) < 4.78 is 8.17. The molecule has 0 atom stereocenters. The Morgan fingerprint density at radius 3 is 2.29 bits per heavy atom. The highest BCUT2D eigenvalue weighted by Crippen LogP contribution is 2.43. The van der Waals surface area contributed by atoms with Gasteiger partial charge in [0.05, 0.1) is 28.0 Å². The van der Waals surface area contributed by atoms with Crippen molar-refractivity contribution in [2.75, 3.05) is 42.6 Å². The molecule has 7 rings (SSSR count). The Morgan fingerprint density at radius 2 is 1.62 bits per heavy atom. The van der Waals surface area contributed by atoms with E-state index in [1.54, 1.807) is 22.8 Å². The van der Waals surface area contributed by atoms with Gasteiger partial charge >= 0.3 is 0 Å². The van der Waals surface area contributed by atoms with Crippen LogP contribution < -0.4 is 20.9 Å². The average Bonchev–Trinajstić information content (AvgIpc) is 3.94. The molecule has 3 fully saturated rings. The number of aliphatic hydroxyl groups excluding tert-OH is 1. The van der Waals surface area contributed by atoms with Crippen LogP contribution in [0.4, 0.5) is 11.4 Å². The molecule has 2 saturated heterocycles. The molecule has 4 aromatic rings. The van der Waals surface area contributed by atoms with E-state index >= 15 is 0 Å². The lowest BCUT2D eigenvalue weighted by molar-refractivity contribution is -0.0814. The van der Waals surface area contributed by atoms with Crippen molar-refractivity contribution in [1.82, 2.24) is 9.55 Å². The van der Waals surface area contributed by atoms with Crippen molar-refractivity contribution < 1.29 is 9.84 Å². The smallest absolute Gasteiger partial charge is 0.273 e. The van der Waals surface area contributed by atoms with E-state index in [1.807, 2.05) is 17.9 Å². The molecule has 0 spiro atoms. The Kier molecular flexibility index (Phi) is 8.68. The van der Waals surface area contributed by atoms with Gasteiger partial charge in [-0.15, -0.1) is 0 Å². The number of aromatic amines is 1. The number of rotatable bonds is 8. The fourth-order valence-electron chi connectivity index (χ4n) is 7.56. The van der Waals surface area contributed by atoms with Crippen LogP contribution in [0.1, 0.15) is 74.5 Å². The molecule has 2 N–H and O–H groups in total. The Morgan fingerprint density at radius 1 is 0.938 bits per heavy atom. The number of aliphatic hydroxyl groups is 1. The van der Waals surface area contributed by atoms with Crippen molar-refractivity contribution >= 4 is 44.8 Å². The van der Waals surface area contributed by atoms with Crippen molar-refractivity contribution in [3.05, 3.63) is 78.8 Å². The zero-order chi connectivity index (χ0) is 33.6. The quantitative estimate of drug-likeness (QED) is 0.243. The number of halogens is 1. The number of nitrogens with one attached hydrogen (secondary N) is 1. The minimum absolute atomic E-state index is 0.00483. The van der Waals surface area contributed by atoms with Crippen LogP contribution in [0.15, 0.2) is 46.0 Å². The molecular formula is C37H39ClN6O4. The Bertz CT molecular complexity index is 2090. The molecule has 248 valence electrons. The number of anilines is 2. The molecule has 0 radical (unpaired) electrons. The van der Waals surface area contributed by atoms with E-state index in [2.05, 4.69) is 34.2 Å². The number of ether oxygens (including phenoxy) is 1. The second kappa shape index (κ2) is 12.9. The van der Waals surface area contributed by atoms with Crippen LogP contribution in [0.3, 0.4) is 0 Å². The van der Waals surface area contributed by atoms with Gasteiger partial charge in [0, 0.05) is 48.6 Å². The third-order valence-electron chi connectivity index (χ3n) is 10.6. The molecule has 1 saturated carbocycles. The van der Waals surface area contributed by atoms with Gasteiger partial charge in [0.15, 0.2) is 0 Å². The number of piperidine rings is 2. The maximum Gasteiger partial charge on any atom is 0.273 e. The fourth-order valence-corrected chi connectivity index (χ4v) is 7.74. The normalized spacial score (nSPS) is 18.3. The number of hydrogen-bond donors (Lipinski definition) is 2. The predicted molar refractivity (Wildman–Crippen MR) is 187 cm³/mol. The molecular weight excluding hydrogens is 628 g/mol. The van der Waals surface area contributed by atoms with Crippen molar-refractivity contribution in [3.8, 4) is 12.1 Å². The predicted octanol–water partition coefficient (Wildman–Crippen LogP) is 5.75. The summed E-state index contributed by atoms with van der Waals surface area (Å²) in [6, 6.07) is 15.9. The third kappa shape index (κ3) is 5.94. The molecule has 2 aromatic carbocycles. The van der Waals surface area contributed by atoms with Gasteiger partial charge in [-0.3, -0.25) is 14.2 Å². The molecule has 48 heavy (non-hydrogen) atoms. The fraction of sp³-hybridized carbons (Fsp3) is 0.459. The second-order valence-electron chi connectivity index (χ2n) is 13.8. The number of aromatic nitrogens is 2. The monoisotopic (exact) mass is 666 g/mol. The highest BCUT2D eigenvalue weighted by atomic mass is 35.5. The van der Waals surface area contributed by atoms with Crippen LogP contribution in [0, 0.1) is 28.6 Å². The number of nitriles is 2. The summed E-state index contributed by atoms with van der Waals surface area (Å²) in [5.41, 5.74) is 2.71. The first-order valence-electron chi connectivity index (χ1n) is 16.8. The lowest BCUT2D eigenvalue weighted by Crippen LogP contribution is -2.45. The maximum absolute atomic E-state index is 14.1. The maximum atomic E-state index is 14.1. The molecule has 1 aliphatic carbocycles. The Hall–Kier alpha value is -4.35. The standard InChI is InChI=1S/C37H39ClN6O4/c1-37(11-15-43(16-12-37)33-27-19-26(38)5-6-31(27)41-35(46)29(33)20-39)48-22-44-32-7-4-25(24-2-3-24)18-28(32)34(30(21-40)36(44)47)42-13-8-23(9-14-42)10-17-45/h4-7,18-19,23-24,45H,2-3,8-17,22H2,1H3,(H,41,46). The Balaban J connectivity index is 1.17. The highest BCUT2D eigenvalue weighted by Gasteiger charge is 2.34. The topological polar surface area (TPSA) is 138 Å². The zero-order valence-corrected chi connectivity index (χ0v) is 27.9. The van der Waals surface area contributed by atoms with Crippen LogP contribution in [-0.2, 0) is 11.5 Å². The molecule has 4 heterocycles. The summed E-state index contributed by atoms with van der Waals surface area (Å²) in [5, 5.41) is 31.8. The lowest BCUT2D eigenvalue weighted by atomic mass is 9.92. The molecule has 0 bridgehead atoms. The molecule has 0 amide bonds. The third-order valence-corrected chi connectivity index (χ3v) is 10.9.